The van der Waals surface area contributed by atoms with Crippen LogP contribution in [-0.4, -0.2) is 51.4 Å². The van der Waals surface area contributed by atoms with E-state index >= 15 is 0 Å². The number of benzene rings is 8. The van der Waals surface area contributed by atoms with E-state index in [9.17, 15) is 16.8 Å². The maximum absolute atomic E-state index is 12.9. The maximum atomic E-state index is 12.9. The monoisotopic (exact) mass is 1050 g/mol. The molecule has 74 heavy (non-hydrogen) atoms. The van der Waals surface area contributed by atoms with Gasteiger partial charge in [-0.1, -0.05) is 100 Å². The van der Waals surface area contributed by atoms with Gasteiger partial charge in [-0.05, 0) is 144 Å². The summed E-state index contributed by atoms with van der Waals surface area (Å²) in [6, 6.07) is 57.8. The molecule has 0 N–H and O–H groups in total. The van der Waals surface area contributed by atoms with Gasteiger partial charge in [-0.25, -0.2) is 16.8 Å². The van der Waals surface area contributed by atoms with E-state index in [4.69, 9.17) is 40.0 Å². The van der Waals surface area contributed by atoms with E-state index in [1.165, 1.54) is 0 Å². The van der Waals surface area contributed by atoms with Crippen LogP contribution in [0.15, 0.2) is 214 Å². The first-order valence-electron chi connectivity index (χ1n) is 23.9. The quantitative estimate of drug-likeness (QED) is 0.0538. The lowest BCUT2D eigenvalue weighted by Gasteiger charge is -2.27. The van der Waals surface area contributed by atoms with E-state index < -0.39 is 19.7 Å². The molecular formula is C61H61ClO10S2. The minimum atomic E-state index is -3.60. The number of alkyl halides is 1. The first-order chi connectivity index (χ1) is 35.5. The van der Waals surface area contributed by atoms with Crippen LogP contribution in [0.1, 0.15) is 61.1 Å². The van der Waals surface area contributed by atoms with Gasteiger partial charge in [-0.15, -0.1) is 11.6 Å². The van der Waals surface area contributed by atoms with Gasteiger partial charge in [0.15, 0.2) is 0 Å². The summed E-state index contributed by atoms with van der Waals surface area (Å²) in [6.45, 7) is 9.95. The van der Waals surface area contributed by atoms with Crippen molar-refractivity contribution < 1.29 is 45.3 Å². The highest BCUT2D eigenvalue weighted by Gasteiger charge is 2.27. The number of ether oxygens (including phenoxy) is 6. The van der Waals surface area contributed by atoms with Crippen LogP contribution in [0.4, 0.5) is 0 Å². The highest BCUT2D eigenvalue weighted by molar-refractivity contribution is 7.91. The molecule has 8 aromatic rings. The number of sulfone groups is 2. The third-order valence-electron chi connectivity index (χ3n) is 12.9. The molecule has 0 aromatic heterocycles. The van der Waals surface area contributed by atoms with Crippen molar-refractivity contribution >= 4 is 31.3 Å². The smallest absolute Gasteiger partial charge is 0.206 e. The number of halogens is 1. The number of hydrogen-bond donors (Lipinski definition) is 0. The van der Waals surface area contributed by atoms with Crippen LogP contribution in [0.5, 0.6) is 34.5 Å². The molecule has 0 heterocycles. The van der Waals surface area contributed by atoms with E-state index in [1.807, 2.05) is 48.5 Å². The van der Waals surface area contributed by atoms with Gasteiger partial charge in [0.1, 0.15) is 34.5 Å². The molecule has 0 aliphatic carbocycles. The van der Waals surface area contributed by atoms with Gasteiger partial charge in [0.25, 0.3) is 0 Å². The van der Waals surface area contributed by atoms with E-state index in [-0.39, 0.29) is 36.3 Å². The first-order valence-corrected chi connectivity index (χ1v) is 27.4. The molecule has 0 saturated heterocycles. The minimum Gasteiger partial charge on any atom is -0.497 e. The van der Waals surface area contributed by atoms with Gasteiger partial charge >= 0.3 is 0 Å². The summed E-state index contributed by atoms with van der Waals surface area (Å²) in [4.78, 5) is 0.934. The Balaban J connectivity index is 0.000000217. The molecule has 10 nitrogen and oxygen atoms in total. The SMILES string of the molecule is COCCOCc1cc(C(C)(C)c2ccc(OC)cc2)ccc1Oc1ccc(S(=O)(=O)c2ccccc2)cc1.COc1ccc(C(C)(C)c2ccc(Oc3ccc(S(=O)(=O)c4ccccc4)cc3)c(CCl)c2)cc1. The van der Waals surface area contributed by atoms with Crippen LogP contribution in [0.2, 0.25) is 0 Å². The summed E-state index contributed by atoms with van der Waals surface area (Å²) in [5.41, 5.74) is 5.72. The predicted octanol–water partition coefficient (Wildman–Crippen LogP) is 14.2. The maximum Gasteiger partial charge on any atom is 0.206 e. The Labute approximate surface area is 441 Å². The molecule has 0 spiro atoms. The first kappa shape index (κ1) is 54.8. The van der Waals surface area contributed by atoms with E-state index in [2.05, 4.69) is 64.1 Å². The lowest BCUT2D eigenvalue weighted by Crippen LogP contribution is -2.19. The lowest BCUT2D eigenvalue weighted by molar-refractivity contribution is 0.0609. The van der Waals surface area contributed by atoms with Crippen LogP contribution in [-0.2, 0) is 52.5 Å². The topological polar surface area (TPSA) is 124 Å². The van der Waals surface area contributed by atoms with E-state index in [0.29, 0.717) is 42.8 Å². The van der Waals surface area contributed by atoms with Crippen molar-refractivity contribution in [2.24, 2.45) is 0 Å². The molecule has 0 fully saturated rings. The Morgan fingerprint density at radius 2 is 0.757 bits per heavy atom. The van der Waals surface area contributed by atoms with Crippen LogP contribution in [0.25, 0.3) is 0 Å². The molecule has 0 aliphatic heterocycles. The zero-order valence-electron chi connectivity index (χ0n) is 42.6. The van der Waals surface area contributed by atoms with Gasteiger partial charge in [0.2, 0.25) is 19.7 Å². The third kappa shape index (κ3) is 13.0. The van der Waals surface area contributed by atoms with E-state index in [0.717, 1.165) is 44.9 Å². The zero-order valence-corrected chi connectivity index (χ0v) is 45.0. The summed E-state index contributed by atoms with van der Waals surface area (Å²) in [7, 11) is -2.23. The Bertz CT molecular complexity index is 3310. The lowest BCUT2D eigenvalue weighted by atomic mass is 9.77. The summed E-state index contributed by atoms with van der Waals surface area (Å²) < 4.78 is 85.4. The van der Waals surface area contributed by atoms with Crippen molar-refractivity contribution in [1.82, 2.24) is 0 Å². The Morgan fingerprint density at radius 1 is 0.405 bits per heavy atom. The highest BCUT2D eigenvalue weighted by atomic mass is 35.5. The summed E-state index contributed by atoms with van der Waals surface area (Å²) in [6.07, 6.45) is 0. The zero-order chi connectivity index (χ0) is 52.9. The molecule has 0 aliphatic rings. The summed E-state index contributed by atoms with van der Waals surface area (Å²) in [5.74, 6) is 4.24. The van der Waals surface area contributed by atoms with Gasteiger partial charge in [-0.3, -0.25) is 0 Å². The second-order valence-electron chi connectivity index (χ2n) is 18.3. The van der Waals surface area contributed by atoms with Crippen molar-refractivity contribution in [3.8, 4) is 34.5 Å². The molecule has 13 heteroatoms. The molecule has 0 unspecified atom stereocenters. The van der Waals surface area contributed by atoms with Crippen molar-refractivity contribution in [2.45, 2.75) is 70.6 Å². The molecule has 0 atom stereocenters. The fraction of sp³-hybridized carbons (Fsp3) is 0.213. The minimum absolute atomic E-state index is 0.209. The summed E-state index contributed by atoms with van der Waals surface area (Å²) >= 11 is 6.28. The molecule has 0 amide bonds. The predicted molar refractivity (Wildman–Crippen MR) is 291 cm³/mol. The normalized spacial score (nSPS) is 11.8. The Morgan fingerprint density at radius 3 is 1.14 bits per heavy atom. The number of rotatable bonds is 20. The number of methoxy groups -OCH3 is 3. The van der Waals surface area contributed by atoms with Crippen molar-refractivity contribution in [2.75, 3.05) is 34.5 Å². The van der Waals surface area contributed by atoms with Crippen LogP contribution in [0, 0.1) is 0 Å². The second-order valence-corrected chi connectivity index (χ2v) is 22.5. The van der Waals surface area contributed by atoms with Crippen molar-refractivity contribution in [3.63, 3.8) is 0 Å². The fourth-order valence-electron chi connectivity index (χ4n) is 8.12. The Hall–Kier alpha value is -6.93. The second kappa shape index (κ2) is 24.4. The van der Waals surface area contributed by atoms with Crippen molar-refractivity contribution in [1.29, 1.82) is 0 Å². The van der Waals surface area contributed by atoms with Crippen LogP contribution >= 0.6 is 11.6 Å². The van der Waals surface area contributed by atoms with Gasteiger partial charge in [0.05, 0.1) is 59.5 Å². The molecular weight excluding hydrogens is 992 g/mol. The highest BCUT2D eigenvalue weighted by Crippen LogP contribution is 2.39. The third-order valence-corrected chi connectivity index (χ3v) is 16.7. The van der Waals surface area contributed by atoms with E-state index in [1.54, 1.807) is 131 Å². The average Bonchev–Trinajstić information content (AvgIpc) is 3.43. The molecule has 0 bridgehead atoms. The average molecular weight is 1050 g/mol. The fourth-order valence-corrected chi connectivity index (χ4v) is 10.9. The largest absolute Gasteiger partial charge is 0.497 e. The molecule has 0 radical (unpaired) electrons. The molecule has 0 saturated carbocycles. The van der Waals surface area contributed by atoms with Gasteiger partial charge < -0.3 is 28.4 Å². The Kier molecular flexibility index (Phi) is 18.1. The van der Waals surface area contributed by atoms with Crippen molar-refractivity contribution in [3.05, 3.63) is 228 Å². The standard InChI is InChI=1S/C32H34O6S.C29H27ClO4S/c1-32(2,25-10-13-27(36-4)14-11-25)26-12-19-31(24(22-26)23-37-21-20-35-3)38-28-15-17-30(18-16-28)39(33,34)29-8-6-5-7-9-29;1-29(2,22-9-12-24(33-3)13-10-22)23-11-18-28(21(19-23)20-30)34-25-14-16-27(17-15-25)35(31,32)26-7-5-4-6-8-26/h5-19,22H,20-21,23H2,1-4H3;4-19H,20H2,1-3H3. The molecule has 8 aromatic carbocycles. The van der Waals surface area contributed by atoms with Gasteiger partial charge in [0, 0.05) is 29.1 Å². The molecule has 8 rings (SSSR count). The van der Waals surface area contributed by atoms with Crippen LogP contribution in [0.3, 0.4) is 0 Å². The number of hydrogen-bond acceptors (Lipinski definition) is 10. The van der Waals surface area contributed by atoms with Crippen LogP contribution < -0.4 is 18.9 Å². The van der Waals surface area contributed by atoms with Gasteiger partial charge in [-0.2, -0.15) is 0 Å². The molecule has 384 valence electrons. The summed E-state index contributed by atoms with van der Waals surface area (Å²) in [5, 5.41) is 0.